The lowest BCUT2D eigenvalue weighted by atomic mass is 10.1. The number of hydrogen-bond donors (Lipinski definition) is 11. The first kappa shape index (κ1) is 121. The summed E-state index contributed by atoms with van der Waals surface area (Å²) in [7, 11) is -7.94. The number of anilines is 10. The summed E-state index contributed by atoms with van der Waals surface area (Å²) < 4.78 is 122. The third-order valence-electron chi connectivity index (χ3n) is 22.5. The zero-order valence-electron chi connectivity index (χ0n) is 84.6. The van der Waals surface area contributed by atoms with Gasteiger partial charge in [0.15, 0.2) is 0 Å². The molecule has 2 atom stereocenters. The van der Waals surface area contributed by atoms with Crippen molar-refractivity contribution in [3.63, 3.8) is 0 Å². The summed E-state index contributed by atoms with van der Waals surface area (Å²) >= 11 is 2.10. The second-order valence-corrected chi connectivity index (χ2v) is 50.4. The third kappa shape index (κ3) is 45.8. The quantitative estimate of drug-likeness (QED) is 0.00964. The van der Waals surface area contributed by atoms with Gasteiger partial charge >= 0.3 is 0 Å². The van der Waals surface area contributed by atoms with Gasteiger partial charge in [-0.15, -0.1) is 0 Å². The Bertz CT molecular complexity index is 4720. The van der Waals surface area contributed by atoms with Gasteiger partial charge in [-0.05, 0) is 369 Å². The van der Waals surface area contributed by atoms with Gasteiger partial charge < -0.3 is 76.8 Å². The van der Waals surface area contributed by atoms with E-state index in [1.807, 2.05) is 43.3 Å². The van der Waals surface area contributed by atoms with Gasteiger partial charge in [0, 0.05) is 184 Å². The van der Waals surface area contributed by atoms with Gasteiger partial charge in [-0.1, -0.05) is 43.7 Å². The highest BCUT2D eigenvalue weighted by molar-refractivity contribution is 7.91. The molecule has 0 saturated carbocycles. The van der Waals surface area contributed by atoms with E-state index in [9.17, 15) is 57.2 Å². The number of aryl methyl sites for hydroxylation is 1. The number of benzene rings is 6. The van der Waals surface area contributed by atoms with Crippen LogP contribution in [0.1, 0.15) is 253 Å². The molecule has 36 heteroatoms. The highest BCUT2D eigenvalue weighted by Gasteiger charge is 2.38. The van der Waals surface area contributed by atoms with Crippen molar-refractivity contribution in [2.24, 2.45) is 11.5 Å². The van der Waals surface area contributed by atoms with Crippen LogP contribution in [0.4, 0.5) is 56.9 Å². The molecule has 4 aliphatic rings. The van der Waals surface area contributed by atoms with Crippen molar-refractivity contribution >= 4 is 138 Å². The number of ether oxygens (including phenoxy) is 1. The summed E-state index contributed by atoms with van der Waals surface area (Å²) in [4.78, 5) is 46.7. The van der Waals surface area contributed by atoms with Crippen molar-refractivity contribution < 1.29 is 61.9 Å². The second-order valence-electron chi connectivity index (χ2n) is 39.0. The molecule has 13 N–H and O–H groups in total. The molecule has 136 heavy (non-hydrogen) atoms. The molecule has 0 aromatic heterocycles. The number of fused-ring (bicyclic) bond motifs is 1. The SMILES string of the molecule is CC(=O)N(C)c1ccc(NCCCCCNS(=O)(=O)C(C)(C)C)cc1.CC(C)(C)S(=O)(=O)NCCCCCNc1ccc(N2CCNCC2)cc1.CC(C)(C)S(=O)(=O)NCCCCCNc1ccc(N2CCOCC2)cc1.CC(C)(C)S(=O)[O-].CC(C)(C)S(=O)[O-].Cc1cc(NCCCCCN)ccc1N1C(=O)c2ccc(Cl)cc2C1=O.NCCCCCNc1ccc(N2CCCCC2)cc1. The molecule has 0 aliphatic carbocycles. The summed E-state index contributed by atoms with van der Waals surface area (Å²) in [5.41, 5.74) is 23.4. The molecule has 768 valence electrons. The molecule has 30 nitrogen and oxygen atoms in total. The van der Waals surface area contributed by atoms with Gasteiger partial charge in [-0.25, -0.2) is 44.3 Å². The number of nitrogens with one attached hydrogen (secondary N) is 9. The number of imide groups is 1. The molecule has 2 unspecified atom stereocenters. The molecule has 0 radical (unpaired) electrons. The molecular weight excluding hydrogens is 1840 g/mol. The largest absolute Gasteiger partial charge is 0.772 e. The molecule has 0 spiro atoms. The summed E-state index contributed by atoms with van der Waals surface area (Å²) in [6.07, 6.45) is 19.3. The van der Waals surface area contributed by atoms with Gasteiger partial charge in [-0.3, -0.25) is 22.8 Å². The number of rotatable bonds is 41. The van der Waals surface area contributed by atoms with Crippen molar-refractivity contribution in [1.82, 2.24) is 19.5 Å². The first-order valence-electron chi connectivity index (χ1n) is 48.2. The Morgan fingerprint density at radius 3 is 1.07 bits per heavy atom. The number of unbranched alkanes of at least 4 members (excludes halogenated alkanes) is 10. The van der Waals surface area contributed by atoms with Gasteiger partial charge in [-0.2, -0.15) is 0 Å². The Hall–Kier alpha value is -7.59. The fourth-order valence-electron chi connectivity index (χ4n) is 13.3. The van der Waals surface area contributed by atoms with Crippen LogP contribution in [-0.4, -0.2) is 222 Å². The van der Waals surface area contributed by atoms with Crippen molar-refractivity contribution in [3.05, 3.63) is 155 Å². The minimum absolute atomic E-state index is 0.00259. The van der Waals surface area contributed by atoms with Crippen molar-refractivity contribution in [3.8, 4) is 0 Å². The Morgan fingerprint density at radius 2 is 0.735 bits per heavy atom. The van der Waals surface area contributed by atoms with Gasteiger partial charge in [0.2, 0.25) is 36.0 Å². The van der Waals surface area contributed by atoms with E-state index >= 15 is 0 Å². The number of carbonyl (C=O) groups excluding carboxylic acids is 3. The van der Waals surface area contributed by atoms with Crippen LogP contribution in [0.2, 0.25) is 5.02 Å². The number of carbonyl (C=O) groups is 3. The minimum Gasteiger partial charge on any atom is -0.772 e. The summed E-state index contributed by atoms with van der Waals surface area (Å²) in [6, 6.07) is 44.2. The van der Waals surface area contributed by atoms with Crippen LogP contribution in [0, 0.1) is 6.92 Å². The highest BCUT2D eigenvalue weighted by Crippen LogP contribution is 2.34. The summed E-state index contributed by atoms with van der Waals surface area (Å²) in [5.74, 6) is -0.645. The number of piperazine rings is 1. The number of nitrogens with zero attached hydrogens (tertiary/aromatic N) is 5. The van der Waals surface area contributed by atoms with Crippen molar-refractivity contribution in [1.29, 1.82) is 0 Å². The average Bonchev–Trinajstić information content (AvgIpc) is 1.61. The van der Waals surface area contributed by atoms with E-state index in [4.69, 9.17) is 27.8 Å². The number of halogens is 1. The normalized spacial score (nSPS) is 14.7. The molecule has 3 amide bonds. The standard InChI is InChI=1S/C20H22ClN3O2.C19H34N4O2S.C19H33N3O3S.C18H31N3O3S.C16H27N3.2C4H10O2S/c1-13-11-15(23-10-4-2-3-9-22)6-8-18(13)24-19(25)16-7-5-14(21)12-17(16)20(24)26;1-19(2,3)26(24,25)22-12-6-4-5-11-21-17-7-9-18(10-8-17)23-15-13-20-14-16-23;1-19(2,3)26(23,24)21-12-6-4-5-11-20-17-7-9-18(10-8-17)22-13-15-25-16-14-22;1-15(22)21(5)17-11-9-16(10-12-17)19-13-7-6-8-14-20-25(23,24)18(2,3)4;17-11-3-1-4-12-18-15-7-9-16(10-8-15)19-13-5-2-6-14-19;2*1-4(2,3)7(5)6/h5-8,11-12,23H,2-4,9-10,22H2,1H3;7-10,20-22H,4-6,11-16H2,1-3H3;7-10,20-21H,4-6,11-16H2,1-3H3;9-12,19-20H,6-8,13-14H2,1-5H3;7-10,18H,1-6,11-14,17H2;2*1-3H3,(H,5,6)/p-2. The zero-order valence-corrected chi connectivity index (χ0v) is 89.4. The molecule has 0 bridgehead atoms. The number of hydrogen-bond acceptors (Lipinski definition) is 25. The van der Waals surface area contributed by atoms with Gasteiger partial charge in [0.05, 0.1) is 44.3 Å². The van der Waals surface area contributed by atoms with Crippen LogP contribution in [0.25, 0.3) is 0 Å². The lowest BCUT2D eigenvalue weighted by Gasteiger charge is -2.29. The molecule has 3 fully saturated rings. The van der Waals surface area contributed by atoms with Crippen LogP contribution in [0.5, 0.6) is 0 Å². The Morgan fingerprint density at radius 1 is 0.426 bits per heavy atom. The van der Waals surface area contributed by atoms with E-state index in [0.717, 1.165) is 216 Å². The smallest absolute Gasteiger partial charge is 0.266 e. The molecule has 4 aliphatic heterocycles. The molecular formula is C100H165ClN16O14S5-2. The maximum absolute atomic E-state index is 12.7. The van der Waals surface area contributed by atoms with Gasteiger partial charge in [0.1, 0.15) is 0 Å². The first-order chi connectivity index (χ1) is 63.9. The summed E-state index contributed by atoms with van der Waals surface area (Å²) in [6.45, 7) is 46.4. The Balaban J connectivity index is 0.000000343. The first-order valence-corrected chi connectivity index (χ1v) is 55.2. The Labute approximate surface area is 826 Å². The van der Waals surface area contributed by atoms with Crippen LogP contribution < -0.4 is 82.0 Å². The molecule has 4 heterocycles. The average molecular weight is 2010 g/mol. The van der Waals surface area contributed by atoms with Crippen molar-refractivity contribution in [2.75, 3.05) is 189 Å². The van der Waals surface area contributed by atoms with E-state index in [0.29, 0.717) is 41.5 Å². The van der Waals surface area contributed by atoms with E-state index in [-0.39, 0.29) is 17.7 Å². The number of nitrogens with two attached hydrogens (primary N) is 2. The summed E-state index contributed by atoms with van der Waals surface area (Å²) in [5, 5.41) is 20.8. The Kier molecular flexibility index (Phi) is 54.3. The maximum atomic E-state index is 12.7. The number of sulfonamides is 3. The fraction of sp³-hybridized carbons (Fsp3) is 0.610. The van der Waals surface area contributed by atoms with E-state index in [1.54, 1.807) is 140 Å². The molecule has 3 saturated heterocycles. The molecule has 6 aromatic carbocycles. The number of morpholine rings is 1. The van der Waals surface area contributed by atoms with Crippen LogP contribution in [0.15, 0.2) is 133 Å². The predicted octanol–water partition coefficient (Wildman–Crippen LogP) is 16.7. The zero-order chi connectivity index (χ0) is 101. The van der Waals surface area contributed by atoms with E-state index in [2.05, 4.69) is 134 Å². The lowest BCUT2D eigenvalue weighted by molar-refractivity contribution is -0.116. The van der Waals surface area contributed by atoms with E-state index in [1.165, 1.54) is 79.8 Å². The number of piperidine rings is 1. The molecule has 10 rings (SSSR count). The maximum Gasteiger partial charge on any atom is 0.266 e. The van der Waals surface area contributed by atoms with Gasteiger partial charge in [0.25, 0.3) is 11.8 Å². The predicted molar refractivity (Wildman–Crippen MR) is 570 cm³/mol. The lowest BCUT2D eigenvalue weighted by Crippen LogP contribution is -2.43. The highest BCUT2D eigenvalue weighted by atomic mass is 35.5. The molecule has 6 aromatic rings. The van der Waals surface area contributed by atoms with Crippen molar-refractivity contribution in [2.45, 2.75) is 257 Å². The van der Waals surface area contributed by atoms with Crippen LogP contribution >= 0.6 is 11.6 Å². The van der Waals surface area contributed by atoms with Crippen LogP contribution in [0.3, 0.4) is 0 Å². The minimum atomic E-state index is -3.24. The van der Waals surface area contributed by atoms with Crippen LogP contribution in [-0.2, 0) is 61.8 Å². The second kappa shape index (κ2) is 61.2. The third-order valence-corrected chi connectivity index (χ3v) is 31.3. The van der Waals surface area contributed by atoms with E-state index < -0.39 is 76.0 Å². The number of amides is 3. The topological polar surface area (TPSA) is 420 Å². The fourth-order valence-corrected chi connectivity index (χ4v) is 16.0. The monoisotopic (exact) mass is 2010 g/mol.